The molecule has 20 heavy (non-hydrogen) atoms. The number of esters is 1. The molecule has 2 saturated heterocycles. The minimum absolute atomic E-state index is 0.0331. The summed E-state index contributed by atoms with van der Waals surface area (Å²) >= 11 is 0. The van der Waals surface area contributed by atoms with E-state index in [9.17, 15) is 13.2 Å². The molecule has 0 aromatic carbocycles. The monoisotopic (exact) mass is 304 g/mol. The lowest BCUT2D eigenvalue weighted by Crippen LogP contribution is -2.47. The summed E-state index contributed by atoms with van der Waals surface area (Å²) < 4.78 is 31.0. The summed E-state index contributed by atoms with van der Waals surface area (Å²) in [7, 11) is -1.95. The van der Waals surface area contributed by atoms with Gasteiger partial charge in [-0.3, -0.25) is 4.79 Å². The number of sulfonamides is 1. The van der Waals surface area contributed by atoms with Gasteiger partial charge in [-0.25, -0.2) is 8.42 Å². The standard InChI is InChI=1S/C13H24N2O4S/c1-19-13(16)7-4-10-20(17,18)15-9-3-6-12(15)11-5-2-8-14-11/h11-12,14H,2-10H2,1H3. The summed E-state index contributed by atoms with van der Waals surface area (Å²) in [5.74, 6) is -0.318. The van der Waals surface area contributed by atoms with Crippen molar-refractivity contribution >= 4 is 16.0 Å². The van der Waals surface area contributed by atoms with Crippen LogP contribution in [0.4, 0.5) is 0 Å². The highest BCUT2D eigenvalue weighted by Gasteiger charge is 2.39. The Kier molecular flexibility index (Phi) is 5.40. The van der Waals surface area contributed by atoms with Gasteiger partial charge in [-0.1, -0.05) is 0 Å². The van der Waals surface area contributed by atoms with Crippen LogP contribution in [0.15, 0.2) is 0 Å². The average molecular weight is 304 g/mol. The molecule has 116 valence electrons. The number of hydrogen-bond donors (Lipinski definition) is 1. The molecular weight excluding hydrogens is 280 g/mol. The zero-order chi connectivity index (χ0) is 14.6. The second-order valence-corrected chi connectivity index (χ2v) is 7.56. The van der Waals surface area contributed by atoms with Gasteiger partial charge in [-0.15, -0.1) is 0 Å². The van der Waals surface area contributed by atoms with Crippen molar-refractivity contribution in [2.75, 3.05) is 26.0 Å². The topological polar surface area (TPSA) is 75.7 Å². The van der Waals surface area contributed by atoms with E-state index in [1.165, 1.54) is 7.11 Å². The van der Waals surface area contributed by atoms with E-state index < -0.39 is 10.0 Å². The van der Waals surface area contributed by atoms with Crippen LogP contribution >= 0.6 is 0 Å². The maximum Gasteiger partial charge on any atom is 0.305 e. The van der Waals surface area contributed by atoms with Gasteiger partial charge in [0.15, 0.2) is 0 Å². The predicted octanol–water partition coefficient (Wildman–Crippen LogP) is 0.486. The molecule has 2 aliphatic heterocycles. The summed E-state index contributed by atoms with van der Waals surface area (Å²) in [5, 5.41) is 3.40. The van der Waals surface area contributed by atoms with E-state index in [0.29, 0.717) is 19.0 Å². The Labute approximate surface area is 120 Å². The average Bonchev–Trinajstić information content (AvgIpc) is 3.08. The van der Waals surface area contributed by atoms with Crippen molar-refractivity contribution in [3.05, 3.63) is 0 Å². The number of methoxy groups -OCH3 is 1. The Hall–Kier alpha value is -0.660. The van der Waals surface area contributed by atoms with Crippen LogP contribution in [0.5, 0.6) is 0 Å². The molecule has 6 nitrogen and oxygen atoms in total. The Balaban J connectivity index is 1.91. The van der Waals surface area contributed by atoms with Gasteiger partial charge in [0.2, 0.25) is 10.0 Å². The van der Waals surface area contributed by atoms with Gasteiger partial charge in [0.25, 0.3) is 0 Å². The fourth-order valence-electron chi connectivity index (χ4n) is 3.17. The van der Waals surface area contributed by atoms with Crippen LogP contribution in [0.1, 0.15) is 38.5 Å². The van der Waals surface area contributed by atoms with Gasteiger partial charge in [0.1, 0.15) is 0 Å². The summed E-state index contributed by atoms with van der Waals surface area (Å²) in [6.07, 6.45) is 4.54. The zero-order valence-electron chi connectivity index (χ0n) is 12.0. The van der Waals surface area contributed by atoms with Crippen LogP contribution in [-0.2, 0) is 19.6 Å². The lowest BCUT2D eigenvalue weighted by atomic mass is 10.1. The van der Waals surface area contributed by atoms with E-state index in [0.717, 1.165) is 32.2 Å². The van der Waals surface area contributed by atoms with Crippen LogP contribution in [0.3, 0.4) is 0 Å². The van der Waals surface area contributed by atoms with Gasteiger partial charge < -0.3 is 10.1 Å². The van der Waals surface area contributed by atoms with Crippen molar-refractivity contribution in [1.82, 2.24) is 9.62 Å². The summed E-state index contributed by atoms with van der Waals surface area (Å²) in [6, 6.07) is 0.397. The van der Waals surface area contributed by atoms with E-state index in [1.54, 1.807) is 4.31 Å². The second kappa shape index (κ2) is 6.87. The van der Waals surface area contributed by atoms with Crippen LogP contribution in [0, 0.1) is 0 Å². The Morgan fingerprint density at radius 3 is 2.80 bits per heavy atom. The van der Waals surface area contributed by atoms with E-state index >= 15 is 0 Å². The Bertz CT molecular complexity index is 432. The first kappa shape index (κ1) is 15.7. The van der Waals surface area contributed by atoms with Crippen molar-refractivity contribution < 1.29 is 17.9 Å². The van der Waals surface area contributed by atoms with Crippen LogP contribution in [0.2, 0.25) is 0 Å². The molecule has 0 radical (unpaired) electrons. The molecular formula is C13H24N2O4S. The number of carbonyl (C=O) groups excluding carboxylic acids is 1. The third-order valence-electron chi connectivity index (χ3n) is 4.18. The minimum Gasteiger partial charge on any atom is -0.469 e. The van der Waals surface area contributed by atoms with Crippen molar-refractivity contribution in [2.45, 2.75) is 50.6 Å². The molecule has 2 atom stereocenters. The van der Waals surface area contributed by atoms with Crippen molar-refractivity contribution in [2.24, 2.45) is 0 Å². The quantitative estimate of drug-likeness (QED) is 0.723. The maximum absolute atomic E-state index is 12.4. The fourth-order valence-corrected chi connectivity index (χ4v) is 4.99. The Morgan fingerprint density at radius 2 is 2.15 bits per heavy atom. The number of nitrogens with one attached hydrogen (secondary N) is 1. The minimum atomic E-state index is -3.26. The summed E-state index contributed by atoms with van der Waals surface area (Å²) in [4.78, 5) is 11.1. The molecule has 2 aliphatic rings. The number of nitrogens with zero attached hydrogens (tertiary/aromatic N) is 1. The molecule has 7 heteroatoms. The van der Waals surface area contributed by atoms with E-state index in [-0.39, 0.29) is 24.2 Å². The molecule has 0 bridgehead atoms. The first-order chi connectivity index (χ1) is 9.54. The van der Waals surface area contributed by atoms with Gasteiger partial charge >= 0.3 is 5.97 Å². The number of ether oxygens (including phenoxy) is 1. The van der Waals surface area contributed by atoms with Gasteiger partial charge in [0.05, 0.1) is 12.9 Å². The third-order valence-corrected chi connectivity index (χ3v) is 6.15. The van der Waals surface area contributed by atoms with Crippen molar-refractivity contribution in [3.8, 4) is 0 Å². The van der Waals surface area contributed by atoms with E-state index in [4.69, 9.17) is 0 Å². The molecule has 2 rings (SSSR count). The fraction of sp³-hybridized carbons (Fsp3) is 0.923. The lowest BCUT2D eigenvalue weighted by molar-refractivity contribution is -0.140. The van der Waals surface area contributed by atoms with Gasteiger partial charge in [-0.05, 0) is 38.6 Å². The highest BCUT2D eigenvalue weighted by Crippen LogP contribution is 2.27. The molecule has 2 unspecified atom stereocenters. The zero-order valence-corrected chi connectivity index (χ0v) is 12.8. The number of rotatable bonds is 6. The molecule has 1 N–H and O–H groups in total. The van der Waals surface area contributed by atoms with Crippen molar-refractivity contribution in [1.29, 1.82) is 0 Å². The smallest absolute Gasteiger partial charge is 0.305 e. The lowest BCUT2D eigenvalue weighted by Gasteiger charge is -2.28. The normalized spacial score (nSPS) is 27.9. The highest BCUT2D eigenvalue weighted by molar-refractivity contribution is 7.89. The maximum atomic E-state index is 12.4. The van der Waals surface area contributed by atoms with Gasteiger partial charge in [0, 0.05) is 25.0 Å². The molecule has 0 amide bonds. The molecule has 2 fully saturated rings. The number of hydrogen-bond acceptors (Lipinski definition) is 5. The summed E-state index contributed by atoms with van der Waals surface area (Å²) in [5.41, 5.74) is 0. The molecule has 0 aromatic rings. The first-order valence-corrected chi connectivity index (χ1v) is 8.95. The molecule has 0 saturated carbocycles. The molecule has 0 spiro atoms. The first-order valence-electron chi connectivity index (χ1n) is 7.34. The third kappa shape index (κ3) is 3.71. The van der Waals surface area contributed by atoms with Crippen LogP contribution in [-0.4, -0.2) is 56.7 Å². The predicted molar refractivity (Wildman–Crippen MR) is 75.8 cm³/mol. The van der Waals surface area contributed by atoms with Crippen LogP contribution < -0.4 is 5.32 Å². The van der Waals surface area contributed by atoms with Crippen LogP contribution in [0.25, 0.3) is 0 Å². The van der Waals surface area contributed by atoms with Gasteiger partial charge in [-0.2, -0.15) is 4.31 Å². The Morgan fingerprint density at radius 1 is 1.35 bits per heavy atom. The highest BCUT2D eigenvalue weighted by atomic mass is 32.2. The summed E-state index contributed by atoms with van der Waals surface area (Å²) in [6.45, 7) is 1.60. The van der Waals surface area contributed by atoms with E-state index in [1.807, 2.05) is 0 Å². The second-order valence-electron chi connectivity index (χ2n) is 5.52. The molecule has 2 heterocycles. The largest absolute Gasteiger partial charge is 0.469 e. The SMILES string of the molecule is COC(=O)CCCS(=O)(=O)N1CCCC1C1CCCN1. The van der Waals surface area contributed by atoms with Crippen molar-refractivity contribution in [3.63, 3.8) is 0 Å². The molecule has 0 aromatic heterocycles. The van der Waals surface area contributed by atoms with E-state index in [2.05, 4.69) is 10.1 Å². The number of carbonyl (C=O) groups is 1. The molecule has 0 aliphatic carbocycles.